The standard InChI is InChI=1S/C25H38F2O4/c1-2-3-4-5-6-7-8-9-10-11-12-13-18-30-24(28)16-17-25(29)31-20-21-14-15-22(26)23(27)19-21/h14-15,19H,2-13,16-18,20H2,1H3. The zero-order chi connectivity index (χ0) is 22.7. The number of unbranched alkanes of at least 4 members (excludes halogenated alkanes) is 11. The van der Waals surface area contributed by atoms with Crippen LogP contribution in [0.1, 0.15) is 102 Å². The zero-order valence-electron chi connectivity index (χ0n) is 18.9. The first-order chi connectivity index (χ1) is 15.0. The van der Waals surface area contributed by atoms with Crippen LogP contribution in [0.2, 0.25) is 0 Å². The summed E-state index contributed by atoms with van der Waals surface area (Å²) in [5.74, 6) is -2.94. The van der Waals surface area contributed by atoms with Crippen molar-refractivity contribution < 1.29 is 27.8 Å². The molecule has 176 valence electrons. The van der Waals surface area contributed by atoms with E-state index < -0.39 is 23.6 Å². The molecular weight excluding hydrogens is 402 g/mol. The minimum Gasteiger partial charge on any atom is -0.466 e. The first-order valence-corrected chi connectivity index (χ1v) is 11.8. The molecule has 0 bridgehead atoms. The lowest BCUT2D eigenvalue weighted by Crippen LogP contribution is -2.11. The third kappa shape index (κ3) is 14.6. The quantitative estimate of drug-likeness (QED) is 0.182. The highest BCUT2D eigenvalue weighted by atomic mass is 19.2. The predicted molar refractivity (Wildman–Crippen MR) is 117 cm³/mol. The van der Waals surface area contributed by atoms with Crippen LogP contribution in [0.25, 0.3) is 0 Å². The molecule has 1 rings (SSSR count). The Hall–Kier alpha value is -1.98. The Bertz CT molecular complexity index is 634. The van der Waals surface area contributed by atoms with Crippen LogP contribution in [0.3, 0.4) is 0 Å². The summed E-state index contributed by atoms with van der Waals surface area (Å²) in [5.41, 5.74) is 0.349. The van der Waals surface area contributed by atoms with Crippen LogP contribution in [0.4, 0.5) is 8.78 Å². The van der Waals surface area contributed by atoms with Crippen molar-refractivity contribution in [2.75, 3.05) is 6.61 Å². The molecule has 1 aromatic rings. The fourth-order valence-corrected chi connectivity index (χ4v) is 3.27. The topological polar surface area (TPSA) is 52.6 Å². The van der Waals surface area contributed by atoms with Gasteiger partial charge in [-0.3, -0.25) is 9.59 Å². The number of rotatable bonds is 18. The fraction of sp³-hybridized carbons (Fsp3) is 0.680. The van der Waals surface area contributed by atoms with E-state index in [-0.39, 0.29) is 19.4 Å². The minimum atomic E-state index is -0.991. The highest BCUT2D eigenvalue weighted by Gasteiger charge is 2.10. The number of esters is 2. The average molecular weight is 441 g/mol. The number of hydrogen-bond donors (Lipinski definition) is 0. The lowest BCUT2D eigenvalue weighted by Gasteiger charge is -2.07. The van der Waals surface area contributed by atoms with Crippen molar-refractivity contribution in [3.05, 3.63) is 35.4 Å². The maximum absolute atomic E-state index is 13.1. The smallest absolute Gasteiger partial charge is 0.306 e. The van der Waals surface area contributed by atoms with Crippen molar-refractivity contribution in [3.8, 4) is 0 Å². The molecule has 0 amide bonds. The molecule has 0 atom stereocenters. The van der Waals surface area contributed by atoms with Crippen LogP contribution in [0, 0.1) is 11.6 Å². The van der Waals surface area contributed by atoms with Gasteiger partial charge in [0, 0.05) is 0 Å². The monoisotopic (exact) mass is 440 g/mol. The third-order valence-electron chi connectivity index (χ3n) is 5.18. The van der Waals surface area contributed by atoms with Gasteiger partial charge in [-0.05, 0) is 24.1 Å². The van der Waals surface area contributed by atoms with Gasteiger partial charge < -0.3 is 9.47 Å². The maximum Gasteiger partial charge on any atom is 0.306 e. The number of ether oxygens (including phenoxy) is 2. The molecular formula is C25H38F2O4. The van der Waals surface area contributed by atoms with E-state index in [1.54, 1.807) is 0 Å². The van der Waals surface area contributed by atoms with Crippen molar-refractivity contribution in [3.63, 3.8) is 0 Å². The van der Waals surface area contributed by atoms with Crippen LogP contribution in [0.15, 0.2) is 18.2 Å². The van der Waals surface area contributed by atoms with Gasteiger partial charge in [0.25, 0.3) is 0 Å². The Kier molecular flexibility index (Phi) is 15.4. The van der Waals surface area contributed by atoms with Crippen molar-refractivity contribution in [2.24, 2.45) is 0 Å². The molecule has 6 heteroatoms. The normalized spacial score (nSPS) is 10.8. The Balaban J connectivity index is 1.92. The van der Waals surface area contributed by atoms with E-state index in [0.29, 0.717) is 12.2 Å². The van der Waals surface area contributed by atoms with Crippen LogP contribution < -0.4 is 0 Å². The lowest BCUT2D eigenvalue weighted by atomic mass is 10.1. The van der Waals surface area contributed by atoms with Crippen molar-refractivity contribution >= 4 is 11.9 Å². The first-order valence-electron chi connectivity index (χ1n) is 11.8. The van der Waals surface area contributed by atoms with Gasteiger partial charge in [0.05, 0.1) is 19.4 Å². The molecule has 0 saturated carbocycles. The Morgan fingerprint density at radius 3 is 1.77 bits per heavy atom. The van der Waals surface area contributed by atoms with Crippen molar-refractivity contribution in [2.45, 2.75) is 103 Å². The van der Waals surface area contributed by atoms with Gasteiger partial charge in [-0.1, -0.05) is 83.6 Å². The molecule has 0 fully saturated rings. The van der Waals surface area contributed by atoms with E-state index >= 15 is 0 Å². The minimum absolute atomic E-state index is 0.0468. The summed E-state index contributed by atoms with van der Waals surface area (Å²) in [5, 5.41) is 0. The molecule has 0 spiro atoms. The summed E-state index contributed by atoms with van der Waals surface area (Å²) in [6.45, 7) is 2.45. The second-order valence-corrected chi connectivity index (χ2v) is 8.02. The Labute approximate surface area is 185 Å². The summed E-state index contributed by atoms with van der Waals surface area (Å²) in [7, 11) is 0. The van der Waals surface area contributed by atoms with Gasteiger partial charge in [-0.2, -0.15) is 0 Å². The number of carbonyl (C=O) groups is 2. The van der Waals surface area contributed by atoms with Crippen molar-refractivity contribution in [1.29, 1.82) is 0 Å². The van der Waals surface area contributed by atoms with E-state index in [1.807, 2.05) is 0 Å². The molecule has 0 saturated heterocycles. The van der Waals surface area contributed by atoms with Crippen LogP contribution in [-0.4, -0.2) is 18.5 Å². The molecule has 0 aliphatic carbocycles. The Morgan fingerprint density at radius 1 is 0.710 bits per heavy atom. The Morgan fingerprint density at radius 2 is 1.23 bits per heavy atom. The second-order valence-electron chi connectivity index (χ2n) is 8.02. The molecule has 31 heavy (non-hydrogen) atoms. The summed E-state index contributed by atoms with van der Waals surface area (Å²) in [6.07, 6.45) is 14.8. The van der Waals surface area contributed by atoms with Gasteiger partial charge in [0.2, 0.25) is 0 Å². The van der Waals surface area contributed by atoms with Gasteiger partial charge in [-0.15, -0.1) is 0 Å². The summed E-state index contributed by atoms with van der Waals surface area (Å²) in [6, 6.07) is 3.30. The molecule has 4 nitrogen and oxygen atoms in total. The van der Waals surface area contributed by atoms with Crippen LogP contribution >= 0.6 is 0 Å². The molecule has 0 aliphatic heterocycles. The highest BCUT2D eigenvalue weighted by molar-refractivity contribution is 5.77. The summed E-state index contributed by atoms with van der Waals surface area (Å²) in [4.78, 5) is 23.3. The molecule has 0 unspecified atom stereocenters. The van der Waals surface area contributed by atoms with E-state index in [1.165, 1.54) is 63.9 Å². The first kappa shape index (κ1) is 27.1. The van der Waals surface area contributed by atoms with Gasteiger partial charge in [0.1, 0.15) is 6.61 Å². The summed E-state index contributed by atoms with van der Waals surface area (Å²) < 4.78 is 36.0. The van der Waals surface area contributed by atoms with E-state index in [2.05, 4.69) is 6.92 Å². The van der Waals surface area contributed by atoms with Crippen LogP contribution in [0.5, 0.6) is 0 Å². The molecule has 0 aromatic heterocycles. The lowest BCUT2D eigenvalue weighted by molar-refractivity contribution is -0.151. The fourth-order valence-electron chi connectivity index (χ4n) is 3.27. The second kappa shape index (κ2) is 17.7. The predicted octanol–water partition coefficient (Wildman–Crippen LogP) is 7.03. The SMILES string of the molecule is CCCCCCCCCCCCCCOC(=O)CCC(=O)OCc1ccc(F)c(F)c1. The average Bonchev–Trinajstić information content (AvgIpc) is 2.76. The highest BCUT2D eigenvalue weighted by Crippen LogP contribution is 2.12. The third-order valence-corrected chi connectivity index (χ3v) is 5.18. The van der Waals surface area contributed by atoms with Gasteiger partial charge in [0.15, 0.2) is 11.6 Å². The number of halogens is 2. The molecule has 0 N–H and O–H groups in total. The number of hydrogen-bond acceptors (Lipinski definition) is 4. The van der Waals surface area contributed by atoms with E-state index in [0.717, 1.165) is 31.4 Å². The molecule has 0 radical (unpaired) electrons. The number of carbonyl (C=O) groups excluding carboxylic acids is 2. The number of benzene rings is 1. The van der Waals surface area contributed by atoms with Gasteiger partial charge in [-0.25, -0.2) is 8.78 Å². The zero-order valence-corrected chi connectivity index (χ0v) is 18.9. The molecule has 0 aliphatic rings. The molecule has 0 heterocycles. The largest absolute Gasteiger partial charge is 0.466 e. The van der Waals surface area contributed by atoms with E-state index in [4.69, 9.17) is 9.47 Å². The van der Waals surface area contributed by atoms with Gasteiger partial charge >= 0.3 is 11.9 Å². The van der Waals surface area contributed by atoms with E-state index in [9.17, 15) is 18.4 Å². The van der Waals surface area contributed by atoms with Crippen molar-refractivity contribution in [1.82, 2.24) is 0 Å². The maximum atomic E-state index is 13.1. The molecule has 1 aromatic carbocycles. The van der Waals surface area contributed by atoms with Crippen LogP contribution in [-0.2, 0) is 25.7 Å². The summed E-state index contributed by atoms with van der Waals surface area (Å²) >= 11 is 0.